The molecule has 5 aromatic rings. The number of hydrogen-bond donors (Lipinski definition) is 1. The molecule has 212 valence electrons. The first-order valence-corrected chi connectivity index (χ1v) is 13.7. The number of nitrogens with one attached hydrogen (secondary N) is 1. The van der Waals surface area contributed by atoms with Crippen molar-refractivity contribution in [1.29, 1.82) is 0 Å². The van der Waals surface area contributed by atoms with E-state index >= 15 is 0 Å². The molecule has 1 fully saturated rings. The molecule has 1 aliphatic rings. The maximum atomic E-state index is 12.5. The molecule has 0 bridgehead atoms. The van der Waals surface area contributed by atoms with Gasteiger partial charge in [-0.05, 0) is 69.7 Å². The molecule has 6 rings (SSSR count). The third kappa shape index (κ3) is 5.47. The Bertz CT molecular complexity index is 1730. The normalized spacial score (nSPS) is 14.1. The highest BCUT2D eigenvalue weighted by atomic mass is 16.6. The van der Waals surface area contributed by atoms with Gasteiger partial charge < -0.3 is 29.2 Å². The second kappa shape index (κ2) is 10.3. The van der Waals surface area contributed by atoms with E-state index in [-0.39, 0.29) is 6.09 Å². The van der Waals surface area contributed by atoms with E-state index in [0.29, 0.717) is 32.0 Å². The maximum absolute atomic E-state index is 12.5. The number of ether oxygens (including phenoxy) is 2. The van der Waals surface area contributed by atoms with Gasteiger partial charge in [-0.1, -0.05) is 0 Å². The lowest BCUT2D eigenvalue weighted by Crippen LogP contribution is -2.50. The van der Waals surface area contributed by atoms with E-state index in [1.165, 1.54) is 6.33 Å². The first kappa shape index (κ1) is 26.4. The van der Waals surface area contributed by atoms with Gasteiger partial charge in [0, 0.05) is 51.2 Å². The molecule has 11 heteroatoms. The van der Waals surface area contributed by atoms with E-state index in [1.807, 2.05) is 92.5 Å². The van der Waals surface area contributed by atoms with Crippen LogP contribution in [-0.2, 0) is 11.8 Å². The van der Waals surface area contributed by atoms with Crippen LogP contribution in [0.2, 0.25) is 0 Å². The van der Waals surface area contributed by atoms with Crippen LogP contribution in [0.1, 0.15) is 26.3 Å². The van der Waals surface area contributed by atoms with Crippen LogP contribution in [-0.4, -0.2) is 66.9 Å². The quantitative estimate of drug-likeness (QED) is 0.303. The summed E-state index contributed by atoms with van der Waals surface area (Å²) in [5, 5.41) is 7.88. The molecule has 2 aromatic carbocycles. The molecule has 1 aliphatic heterocycles. The minimum absolute atomic E-state index is 0.273. The summed E-state index contributed by atoms with van der Waals surface area (Å²) in [4.78, 5) is 25.5. The van der Waals surface area contributed by atoms with Crippen molar-refractivity contribution in [2.75, 3.05) is 36.4 Å². The van der Waals surface area contributed by atoms with Crippen molar-refractivity contribution in [2.45, 2.75) is 33.3 Å². The van der Waals surface area contributed by atoms with Crippen molar-refractivity contribution in [1.82, 2.24) is 29.0 Å². The number of hydrogen-bond acceptors (Lipinski definition) is 8. The number of aromatic nitrogens is 5. The number of anilines is 3. The van der Waals surface area contributed by atoms with Gasteiger partial charge in [-0.15, -0.1) is 0 Å². The second-order valence-corrected chi connectivity index (χ2v) is 11.3. The van der Waals surface area contributed by atoms with E-state index in [9.17, 15) is 4.79 Å². The summed E-state index contributed by atoms with van der Waals surface area (Å²) in [6.45, 7) is 10.2. The molecular weight excluding hydrogens is 520 g/mol. The summed E-state index contributed by atoms with van der Waals surface area (Å²) < 4.78 is 15.5. The number of benzene rings is 2. The highest BCUT2D eigenvalue weighted by molar-refractivity contribution is 5.87. The van der Waals surface area contributed by atoms with E-state index in [1.54, 1.807) is 11.2 Å². The lowest BCUT2D eigenvalue weighted by molar-refractivity contribution is 0.0240. The summed E-state index contributed by atoms with van der Waals surface area (Å²) >= 11 is 0. The van der Waals surface area contributed by atoms with Gasteiger partial charge in [0.15, 0.2) is 5.82 Å². The fourth-order valence-electron chi connectivity index (χ4n) is 5.03. The molecule has 3 aromatic heterocycles. The molecule has 0 unspecified atom stereocenters. The Balaban J connectivity index is 1.18. The number of carbonyl (C=O) groups excluding carboxylic acids is 1. The van der Waals surface area contributed by atoms with Crippen molar-refractivity contribution >= 4 is 39.8 Å². The van der Waals surface area contributed by atoms with Gasteiger partial charge in [0.25, 0.3) is 0 Å². The van der Waals surface area contributed by atoms with Crippen LogP contribution < -0.4 is 15.0 Å². The van der Waals surface area contributed by atoms with E-state index in [4.69, 9.17) is 9.47 Å². The maximum Gasteiger partial charge on any atom is 0.410 e. The zero-order chi connectivity index (χ0) is 28.7. The number of aryl methyl sites for hydroxylation is 2. The fraction of sp³-hybridized carbons (Fsp3) is 0.333. The van der Waals surface area contributed by atoms with Crippen molar-refractivity contribution < 1.29 is 14.3 Å². The van der Waals surface area contributed by atoms with Crippen LogP contribution in [0.25, 0.3) is 16.6 Å². The van der Waals surface area contributed by atoms with E-state index in [0.717, 1.165) is 45.0 Å². The summed E-state index contributed by atoms with van der Waals surface area (Å²) in [7, 11) is 1.97. The number of imidazole rings is 1. The summed E-state index contributed by atoms with van der Waals surface area (Å²) in [6, 6.07) is 13.9. The van der Waals surface area contributed by atoms with Crippen LogP contribution >= 0.6 is 0 Å². The van der Waals surface area contributed by atoms with Crippen molar-refractivity contribution in [2.24, 2.45) is 7.05 Å². The van der Waals surface area contributed by atoms with Gasteiger partial charge >= 0.3 is 6.09 Å². The largest absolute Gasteiger partial charge is 0.457 e. The number of amides is 1. The minimum atomic E-state index is -0.513. The summed E-state index contributed by atoms with van der Waals surface area (Å²) in [5.41, 5.74) is 5.19. The molecule has 11 nitrogen and oxygen atoms in total. The zero-order valence-electron chi connectivity index (χ0n) is 24.0. The lowest BCUT2D eigenvalue weighted by Gasteiger charge is -2.36. The minimum Gasteiger partial charge on any atom is -0.457 e. The summed E-state index contributed by atoms with van der Waals surface area (Å²) in [6.07, 6.45) is 4.99. The number of carbonyl (C=O) groups is 1. The van der Waals surface area contributed by atoms with Crippen LogP contribution in [0.15, 0.2) is 61.3 Å². The standard InChI is InChI=1S/C30H34N8O3/c1-20-16-21(6-9-26(20)40-22-7-8-24-23(17-22)32-19-35(24)5)34-28-27-25(10-11-38(27)33-18-31-28)36-12-14-37(15-13-36)29(39)41-30(2,3)4/h6-11,16-19H,12-15H2,1-5H3,(H,31,33,34). The average molecular weight is 555 g/mol. The molecule has 1 saturated heterocycles. The number of rotatable bonds is 5. The smallest absolute Gasteiger partial charge is 0.410 e. The average Bonchev–Trinajstić information content (AvgIpc) is 3.53. The second-order valence-electron chi connectivity index (χ2n) is 11.3. The van der Waals surface area contributed by atoms with Crippen LogP contribution in [0.3, 0.4) is 0 Å². The van der Waals surface area contributed by atoms with Gasteiger partial charge in [-0.3, -0.25) is 0 Å². The Morgan fingerprint density at radius 2 is 1.80 bits per heavy atom. The Morgan fingerprint density at radius 3 is 2.56 bits per heavy atom. The van der Waals surface area contributed by atoms with Crippen LogP contribution in [0.5, 0.6) is 11.5 Å². The van der Waals surface area contributed by atoms with E-state index < -0.39 is 5.60 Å². The van der Waals surface area contributed by atoms with Crippen molar-refractivity contribution in [3.63, 3.8) is 0 Å². The molecule has 41 heavy (non-hydrogen) atoms. The molecule has 1 N–H and O–H groups in total. The van der Waals surface area contributed by atoms with Crippen LogP contribution in [0, 0.1) is 6.92 Å². The van der Waals surface area contributed by atoms with Gasteiger partial charge in [-0.25, -0.2) is 19.3 Å². The molecular formula is C30H34N8O3. The van der Waals surface area contributed by atoms with Gasteiger partial charge in [-0.2, -0.15) is 5.10 Å². The monoisotopic (exact) mass is 554 g/mol. The van der Waals surface area contributed by atoms with Crippen LogP contribution in [0.4, 0.5) is 22.0 Å². The third-order valence-corrected chi connectivity index (χ3v) is 7.07. The highest BCUT2D eigenvalue weighted by Crippen LogP contribution is 2.33. The first-order chi connectivity index (χ1) is 19.6. The predicted molar refractivity (Wildman–Crippen MR) is 158 cm³/mol. The Kier molecular flexibility index (Phi) is 6.64. The Labute approximate surface area is 238 Å². The molecule has 1 amide bonds. The predicted octanol–water partition coefficient (Wildman–Crippen LogP) is 5.52. The molecule has 0 spiro atoms. The van der Waals surface area contributed by atoms with Crippen molar-refractivity contribution in [3.8, 4) is 11.5 Å². The molecule has 0 radical (unpaired) electrons. The van der Waals surface area contributed by atoms with Gasteiger partial charge in [0.1, 0.15) is 28.9 Å². The zero-order valence-corrected chi connectivity index (χ0v) is 24.0. The SMILES string of the molecule is Cc1cc(Nc2ncnn3ccc(N4CCN(C(=O)OC(C)(C)C)CC4)c23)ccc1Oc1ccc2c(c1)ncn2C. The Hall–Kier alpha value is -4.80. The number of nitrogens with zero attached hydrogens (tertiary/aromatic N) is 7. The molecule has 0 atom stereocenters. The van der Waals surface area contributed by atoms with Gasteiger partial charge in [0.05, 0.1) is 23.0 Å². The molecule has 0 saturated carbocycles. The molecule has 0 aliphatic carbocycles. The lowest BCUT2D eigenvalue weighted by atomic mass is 10.2. The number of piperazine rings is 1. The highest BCUT2D eigenvalue weighted by Gasteiger charge is 2.27. The Morgan fingerprint density at radius 1 is 1.00 bits per heavy atom. The van der Waals surface area contributed by atoms with E-state index in [2.05, 4.69) is 25.3 Å². The number of fused-ring (bicyclic) bond motifs is 2. The fourth-order valence-corrected chi connectivity index (χ4v) is 5.03. The van der Waals surface area contributed by atoms with Gasteiger partial charge in [0.2, 0.25) is 0 Å². The third-order valence-electron chi connectivity index (χ3n) is 7.07. The first-order valence-electron chi connectivity index (χ1n) is 13.7. The topological polar surface area (TPSA) is 102 Å². The molecule has 4 heterocycles. The summed E-state index contributed by atoms with van der Waals surface area (Å²) in [5.74, 6) is 2.20. The van der Waals surface area contributed by atoms with Crippen molar-refractivity contribution in [3.05, 3.63) is 66.9 Å².